The van der Waals surface area contributed by atoms with E-state index in [2.05, 4.69) is 20.8 Å². The summed E-state index contributed by atoms with van der Waals surface area (Å²) in [4.78, 5) is 12.6. The third-order valence-corrected chi connectivity index (χ3v) is 5.42. The van der Waals surface area contributed by atoms with E-state index in [1.165, 1.54) is 0 Å². The summed E-state index contributed by atoms with van der Waals surface area (Å²) in [7, 11) is 0. The molecule has 1 aliphatic carbocycles. The van der Waals surface area contributed by atoms with Gasteiger partial charge in [0.05, 0.1) is 23.0 Å². The number of rotatable bonds is 1. The average molecular weight is 208 g/mol. The molecule has 3 fully saturated rings. The van der Waals surface area contributed by atoms with Crippen LogP contribution in [0.5, 0.6) is 0 Å². The zero-order chi connectivity index (χ0) is 10.8. The van der Waals surface area contributed by atoms with E-state index in [1.807, 2.05) is 0 Å². The van der Waals surface area contributed by atoms with Gasteiger partial charge in [-0.25, -0.2) is 0 Å². The standard InChI is InChI=1S/C13H20O2/c1-4-8-7-12(2)9-5-6-10(15-9)13(8,3)11(12)14/h8-10H,4-7H2,1-3H3/t8-,9+,10-,12+,13-/m1/s1. The van der Waals surface area contributed by atoms with Gasteiger partial charge in [0.15, 0.2) is 0 Å². The first-order valence-electron chi connectivity index (χ1n) is 6.24. The fourth-order valence-corrected chi connectivity index (χ4v) is 4.42. The van der Waals surface area contributed by atoms with E-state index in [9.17, 15) is 4.79 Å². The molecule has 84 valence electrons. The molecule has 5 atom stereocenters. The molecule has 3 aliphatic rings. The zero-order valence-corrected chi connectivity index (χ0v) is 9.88. The molecule has 0 spiro atoms. The summed E-state index contributed by atoms with van der Waals surface area (Å²) in [6.45, 7) is 6.50. The Balaban J connectivity index is 2.12. The van der Waals surface area contributed by atoms with Crippen LogP contribution >= 0.6 is 0 Å². The molecular formula is C13H20O2. The van der Waals surface area contributed by atoms with Crippen LogP contribution in [0.3, 0.4) is 0 Å². The largest absolute Gasteiger partial charge is 0.373 e. The van der Waals surface area contributed by atoms with Gasteiger partial charge in [-0.1, -0.05) is 20.3 Å². The second-order valence-electron chi connectivity index (χ2n) is 6.03. The Bertz CT molecular complexity index is 324. The van der Waals surface area contributed by atoms with Crippen LogP contribution in [-0.4, -0.2) is 18.0 Å². The summed E-state index contributed by atoms with van der Waals surface area (Å²) in [6, 6.07) is 0. The molecular weight excluding hydrogens is 188 g/mol. The maximum absolute atomic E-state index is 12.6. The lowest BCUT2D eigenvalue weighted by atomic mass is 9.71. The number of hydrogen-bond donors (Lipinski definition) is 0. The molecule has 3 rings (SSSR count). The van der Waals surface area contributed by atoms with Crippen LogP contribution in [0.1, 0.15) is 46.5 Å². The lowest BCUT2D eigenvalue weighted by Gasteiger charge is -2.40. The van der Waals surface area contributed by atoms with Crippen LogP contribution in [0.4, 0.5) is 0 Å². The number of carbonyl (C=O) groups excluding carboxylic acids is 1. The van der Waals surface area contributed by atoms with Gasteiger partial charge in [0.2, 0.25) is 0 Å². The summed E-state index contributed by atoms with van der Waals surface area (Å²) in [5.74, 6) is 1.05. The zero-order valence-electron chi connectivity index (χ0n) is 9.88. The predicted molar refractivity (Wildman–Crippen MR) is 57.5 cm³/mol. The molecule has 2 saturated heterocycles. The van der Waals surface area contributed by atoms with Crippen molar-refractivity contribution in [2.75, 3.05) is 0 Å². The van der Waals surface area contributed by atoms with Crippen molar-refractivity contribution in [3.05, 3.63) is 0 Å². The number of ether oxygens (including phenoxy) is 1. The SMILES string of the molecule is CC[C@@H]1C[C@]2(C)C(=O)[C@@]1(C)[C@H]1CC[C@@H]2O1. The second kappa shape index (κ2) is 2.65. The van der Waals surface area contributed by atoms with Crippen LogP contribution in [0, 0.1) is 16.7 Å². The maximum Gasteiger partial charge on any atom is 0.150 e. The van der Waals surface area contributed by atoms with Crippen molar-refractivity contribution in [3.8, 4) is 0 Å². The van der Waals surface area contributed by atoms with E-state index < -0.39 is 0 Å². The molecule has 4 bridgehead atoms. The molecule has 0 radical (unpaired) electrons. The monoisotopic (exact) mass is 208 g/mol. The van der Waals surface area contributed by atoms with E-state index in [0.717, 1.165) is 25.7 Å². The molecule has 1 saturated carbocycles. The van der Waals surface area contributed by atoms with Crippen LogP contribution in [0.25, 0.3) is 0 Å². The molecule has 0 aromatic carbocycles. The van der Waals surface area contributed by atoms with Gasteiger partial charge in [0.25, 0.3) is 0 Å². The third-order valence-electron chi connectivity index (χ3n) is 5.42. The first-order valence-corrected chi connectivity index (χ1v) is 6.24. The Morgan fingerprint density at radius 1 is 1.33 bits per heavy atom. The highest BCUT2D eigenvalue weighted by Crippen LogP contribution is 2.63. The molecule has 0 amide bonds. The van der Waals surface area contributed by atoms with Gasteiger partial charge < -0.3 is 4.74 Å². The topological polar surface area (TPSA) is 26.3 Å². The smallest absolute Gasteiger partial charge is 0.150 e. The molecule has 2 heterocycles. The minimum absolute atomic E-state index is 0.164. The van der Waals surface area contributed by atoms with E-state index >= 15 is 0 Å². The fourth-order valence-electron chi connectivity index (χ4n) is 4.42. The van der Waals surface area contributed by atoms with Gasteiger partial charge in [-0.15, -0.1) is 0 Å². The van der Waals surface area contributed by atoms with E-state index in [1.54, 1.807) is 0 Å². The highest BCUT2D eigenvalue weighted by molar-refractivity contribution is 5.94. The minimum Gasteiger partial charge on any atom is -0.373 e. The molecule has 2 heteroatoms. The van der Waals surface area contributed by atoms with Gasteiger partial charge in [-0.2, -0.15) is 0 Å². The van der Waals surface area contributed by atoms with Crippen LogP contribution in [-0.2, 0) is 9.53 Å². The average Bonchev–Trinajstić information content (AvgIpc) is 2.73. The van der Waals surface area contributed by atoms with Crippen molar-refractivity contribution in [1.29, 1.82) is 0 Å². The van der Waals surface area contributed by atoms with Crippen molar-refractivity contribution in [2.24, 2.45) is 16.7 Å². The normalized spacial score (nSPS) is 57.5. The molecule has 0 N–H and O–H groups in total. The molecule has 2 nitrogen and oxygen atoms in total. The van der Waals surface area contributed by atoms with Crippen LogP contribution in [0.15, 0.2) is 0 Å². The number of ketones is 1. The highest BCUT2D eigenvalue weighted by atomic mass is 16.5. The van der Waals surface area contributed by atoms with Crippen molar-refractivity contribution in [2.45, 2.75) is 58.7 Å². The number of fused-ring (bicyclic) bond motifs is 6. The summed E-state index contributed by atoms with van der Waals surface area (Å²) in [5, 5.41) is 0. The summed E-state index contributed by atoms with van der Waals surface area (Å²) >= 11 is 0. The Hall–Kier alpha value is -0.370. The fraction of sp³-hybridized carbons (Fsp3) is 0.923. The van der Waals surface area contributed by atoms with Gasteiger partial charge in [-0.3, -0.25) is 4.79 Å². The Kier molecular flexibility index (Phi) is 1.74. The second-order valence-corrected chi connectivity index (χ2v) is 6.03. The van der Waals surface area contributed by atoms with Gasteiger partial charge in [-0.05, 0) is 32.1 Å². The predicted octanol–water partition coefficient (Wildman–Crippen LogP) is 2.56. The lowest BCUT2D eigenvalue weighted by molar-refractivity contribution is -0.163. The molecule has 0 aromatic heterocycles. The van der Waals surface area contributed by atoms with Crippen molar-refractivity contribution >= 4 is 5.78 Å². The van der Waals surface area contributed by atoms with Gasteiger partial charge in [0.1, 0.15) is 5.78 Å². The third kappa shape index (κ3) is 0.885. The minimum atomic E-state index is -0.170. The number of carbonyl (C=O) groups is 1. The summed E-state index contributed by atoms with van der Waals surface area (Å²) in [6.07, 6.45) is 4.80. The van der Waals surface area contributed by atoms with Gasteiger partial charge in [0, 0.05) is 0 Å². The first-order chi connectivity index (χ1) is 7.03. The Morgan fingerprint density at radius 3 is 2.67 bits per heavy atom. The van der Waals surface area contributed by atoms with E-state index in [4.69, 9.17) is 4.74 Å². The van der Waals surface area contributed by atoms with Crippen LogP contribution in [0.2, 0.25) is 0 Å². The first kappa shape index (κ1) is 9.83. The highest BCUT2D eigenvalue weighted by Gasteiger charge is 2.69. The van der Waals surface area contributed by atoms with E-state index in [0.29, 0.717) is 11.7 Å². The van der Waals surface area contributed by atoms with Crippen molar-refractivity contribution in [1.82, 2.24) is 0 Å². The molecule has 2 aliphatic heterocycles. The Labute approximate surface area is 91.4 Å². The number of hydrogen-bond acceptors (Lipinski definition) is 2. The lowest BCUT2D eigenvalue weighted by Crippen LogP contribution is -2.51. The molecule has 15 heavy (non-hydrogen) atoms. The van der Waals surface area contributed by atoms with Crippen molar-refractivity contribution < 1.29 is 9.53 Å². The quantitative estimate of drug-likeness (QED) is 0.662. The van der Waals surface area contributed by atoms with E-state index in [-0.39, 0.29) is 23.0 Å². The maximum atomic E-state index is 12.6. The van der Waals surface area contributed by atoms with Crippen molar-refractivity contribution in [3.63, 3.8) is 0 Å². The summed E-state index contributed by atoms with van der Waals surface area (Å²) < 4.78 is 6.07. The Morgan fingerprint density at radius 2 is 2.00 bits per heavy atom. The molecule has 0 unspecified atom stereocenters. The van der Waals surface area contributed by atoms with Gasteiger partial charge >= 0.3 is 0 Å². The van der Waals surface area contributed by atoms with Crippen LogP contribution < -0.4 is 0 Å². The number of Topliss-reactive ketones (excluding diaryl/α,β-unsaturated/α-hetero) is 1. The summed E-state index contributed by atoms with van der Waals surface area (Å²) in [5.41, 5.74) is -0.334. The molecule has 0 aromatic rings.